The molecule has 2 aromatic rings. The van der Waals surface area contributed by atoms with Crippen molar-refractivity contribution in [2.45, 2.75) is 43.7 Å². The van der Waals surface area contributed by atoms with Crippen molar-refractivity contribution >= 4 is 27.5 Å². The van der Waals surface area contributed by atoms with Crippen LogP contribution in [0.1, 0.15) is 26.3 Å². The molecule has 2 aromatic carbocycles. The minimum absolute atomic E-state index is 0.0417. The molecule has 6 nitrogen and oxygen atoms in total. The van der Waals surface area contributed by atoms with Crippen molar-refractivity contribution in [2.24, 2.45) is 0 Å². The first-order valence-corrected chi connectivity index (χ1v) is 10.6. The molecule has 1 amide bonds. The summed E-state index contributed by atoms with van der Waals surface area (Å²) in [6.07, 6.45) is 0.214. The molecule has 2 N–H and O–H groups in total. The van der Waals surface area contributed by atoms with Crippen LogP contribution < -0.4 is 14.8 Å². The second kappa shape index (κ2) is 8.94. The molecule has 152 valence electrons. The summed E-state index contributed by atoms with van der Waals surface area (Å²) in [7, 11) is -2.53. The Kier molecular flexibility index (Phi) is 7.09. The Labute approximate surface area is 171 Å². The third-order valence-electron chi connectivity index (χ3n) is 3.83. The van der Waals surface area contributed by atoms with E-state index in [-0.39, 0.29) is 16.3 Å². The third kappa shape index (κ3) is 6.22. The van der Waals surface area contributed by atoms with Gasteiger partial charge in [0.2, 0.25) is 15.9 Å². The normalized spacial score (nSPS) is 13.0. The van der Waals surface area contributed by atoms with Gasteiger partial charge in [-0.25, -0.2) is 8.42 Å². The fraction of sp³-hybridized carbons (Fsp3) is 0.350. The predicted molar refractivity (Wildman–Crippen MR) is 110 cm³/mol. The maximum Gasteiger partial charge on any atom is 0.241 e. The fourth-order valence-electron chi connectivity index (χ4n) is 2.56. The van der Waals surface area contributed by atoms with Crippen LogP contribution in [0, 0.1) is 0 Å². The van der Waals surface area contributed by atoms with E-state index in [1.165, 1.54) is 25.3 Å². The molecule has 0 aliphatic rings. The molecule has 1 atom stereocenters. The van der Waals surface area contributed by atoms with Gasteiger partial charge in [-0.2, -0.15) is 4.72 Å². The van der Waals surface area contributed by atoms with Crippen molar-refractivity contribution in [3.63, 3.8) is 0 Å². The smallest absolute Gasteiger partial charge is 0.241 e. The summed E-state index contributed by atoms with van der Waals surface area (Å²) < 4.78 is 33.3. The zero-order valence-electron chi connectivity index (χ0n) is 16.3. The van der Waals surface area contributed by atoms with Gasteiger partial charge in [0.25, 0.3) is 0 Å². The number of amides is 1. The van der Waals surface area contributed by atoms with E-state index in [0.29, 0.717) is 5.75 Å². The van der Waals surface area contributed by atoms with Gasteiger partial charge in [0.15, 0.2) is 0 Å². The lowest BCUT2D eigenvalue weighted by atomic mass is 10.0. The van der Waals surface area contributed by atoms with Crippen LogP contribution in [0.3, 0.4) is 0 Å². The number of benzene rings is 2. The van der Waals surface area contributed by atoms with Crippen molar-refractivity contribution in [3.8, 4) is 5.75 Å². The Bertz CT molecular complexity index is 925. The van der Waals surface area contributed by atoms with Crippen LogP contribution >= 0.6 is 11.6 Å². The summed E-state index contributed by atoms with van der Waals surface area (Å²) in [6, 6.07) is 12.4. The minimum atomic E-state index is -3.98. The standard InChI is InChI=1S/C20H25ClN2O4S/c1-20(2,3)22-19(24)17(12-14-8-6-5-7-9-14)23-28(25,26)15-10-11-18(27-4)16(21)13-15/h5-11,13,17,23H,12H2,1-4H3,(H,22,24)/t17-/m0/s1. The second-order valence-corrected chi connectivity index (χ2v) is 9.52. The lowest BCUT2D eigenvalue weighted by Crippen LogP contribution is -2.52. The molecule has 2 rings (SSSR count). The first kappa shape index (κ1) is 22.2. The van der Waals surface area contributed by atoms with Gasteiger partial charge in [-0.3, -0.25) is 4.79 Å². The van der Waals surface area contributed by atoms with E-state index in [2.05, 4.69) is 10.0 Å². The van der Waals surface area contributed by atoms with E-state index in [0.717, 1.165) is 5.56 Å². The molecule has 0 aliphatic carbocycles. The molecule has 0 aromatic heterocycles. The molecule has 0 unspecified atom stereocenters. The highest BCUT2D eigenvalue weighted by atomic mass is 35.5. The average molecular weight is 425 g/mol. The number of halogens is 1. The van der Waals surface area contributed by atoms with Gasteiger partial charge < -0.3 is 10.1 Å². The van der Waals surface area contributed by atoms with E-state index < -0.39 is 27.5 Å². The number of methoxy groups -OCH3 is 1. The van der Waals surface area contributed by atoms with Crippen LogP contribution in [0.15, 0.2) is 53.4 Å². The quantitative estimate of drug-likeness (QED) is 0.715. The Morgan fingerprint density at radius 1 is 1.14 bits per heavy atom. The summed E-state index contributed by atoms with van der Waals surface area (Å²) >= 11 is 6.06. The number of carbonyl (C=O) groups is 1. The fourth-order valence-corrected chi connectivity index (χ4v) is 4.11. The van der Waals surface area contributed by atoms with E-state index >= 15 is 0 Å². The van der Waals surface area contributed by atoms with Gasteiger partial charge in [0, 0.05) is 5.54 Å². The van der Waals surface area contributed by atoms with E-state index in [4.69, 9.17) is 16.3 Å². The SMILES string of the molecule is COc1ccc(S(=O)(=O)N[C@@H](Cc2ccccc2)C(=O)NC(C)(C)C)cc1Cl. The van der Waals surface area contributed by atoms with Crippen molar-refractivity contribution in [1.29, 1.82) is 0 Å². The van der Waals surface area contributed by atoms with E-state index in [9.17, 15) is 13.2 Å². The van der Waals surface area contributed by atoms with Crippen LogP contribution in [0.4, 0.5) is 0 Å². The molecule has 8 heteroatoms. The van der Waals surface area contributed by atoms with E-state index in [1.54, 1.807) is 0 Å². The first-order valence-electron chi connectivity index (χ1n) is 8.73. The first-order chi connectivity index (χ1) is 13.0. The largest absolute Gasteiger partial charge is 0.495 e. The molecular formula is C20H25ClN2O4S. The average Bonchev–Trinajstić information content (AvgIpc) is 2.60. The number of nitrogens with one attached hydrogen (secondary N) is 2. The molecule has 0 saturated heterocycles. The number of carbonyl (C=O) groups excluding carboxylic acids is 1. The van der Waals surface area contributed by atoms with Crippen molar-refractivity contribution in [2.75, 3.05) is 7.11 Å². The number of hydrogen-bond acceptors (Lipinski definition) is 4. The van der Waals surface area contributed by atoms with Gasteiger partial charge in [-0.1, -0.05) is 41.9 Å². The van der Waals surface area contributed by atoms with Crippen LogP contribution in [0.2, 0.25) is 5.02 Å². The summed E-state index contributed by atoms with van der Waals surface area (Å²) in [4.78, 5) is 12.7. The summed E-state index contributed by atoms with van der Waals surface area (Å²) in [5, 5.41) is 3.00. The lowest BCUT2D eigenvalue weighted by molar-refractivity contribution is -0.124. The molecule has 0 fully saturated rings. The van der Waals surface area contributed by atoms with Gasteiger partial charge in [-0.05, 0) is 51.0 Å². The predicted octanol–water partition coefficient (Wildman–Crippen LogP) is 3.15. The number of hydrogen-bond donors (Lipinski definition) is 2. The van der Waals surface area contributed by atoms with E-state index in [1.807, 2.05) is 51.1 Å². The van der Waals surface area contributed by atoms with Gasteiger partial charge in [0.1, 0.15) is 11.8 Å². The lowest BCUT2D eigenvalue weighted by Gasteiger charge is -2.25. The molecule has 28 heavy (non-hydrogen) atoms. The third-order valence-corrected chi connectivity index (χ3v) is 5.59. The summed E-state index contributed by atoms with van der Waals surface area (Å²) in [5.74, 6) is -0.0357. The number of rotatable bonds is 7. The number of sulfonamides is 1. The molecular weight excluding hydrogens is 400 g/mol. The molecule has 0 radical (unpaired) electrons. The molecule has 0 heterocycles. The Morgan fingerprint density at radius 3 is 2.32 bits per heavy atom. The maximum atomic E-state index is 12.9. The highest BCUT2D eigenvalue weighted by Gasteiger charge is 2.28. The van der Waals surface area contributed by atoms with Crippen molar-refractivity contribution < 1.29 is 17.9 Å². The second-order valence-electron chi connectivity index (χ2n) is 7.40. The van der Waals surface area contributed by atoms with Crippen LogP contribution in [0.5, 0.6) is 5.75 Å². The molecule has 0 spiro atoms. The Hall–Kier alpha value is -2.09. The van der Waals surface area contributed by atoms with Crippen molar-refractivity contribution in [1.82, 2.24) is 10.0 Å². The zero-order chi connectivity index (χ0) is 20.9. The zero-order valence-corrected chi connectivity index (χ0v) is 17.9. The van der Waals surface area contributed by atoms with Gasteiger partial charge in [0.05, 0.1) is 17.0 Å². The van der Waals surface area contributed by atoms with Gasteiger partial charge >= 0.3 is 0 Å². The Morgan fingerprint density at radius 2 is 1.79 bits per heavy atom. The van der Waals surface area contributed by atoms with Crippen molar-refractivity contribution in [3.05, 3.63) is 59.1 Å². The highest BCUT2D eigenvalue weighted by molar-refractivity contribution is 7.89. The molecule has 0 saturated carbocycles. The molecule has 0 aliphatic heterocycles. The summed E-state index contributed by atoms with van der Waals surface area (Å²) in [5.41, 5.74) is 0.341. The van der Waals surface area contributed by atoms with Crippen LogP contribution in [0.25, 0.3) is 0 Å². The van der Waals surface area contributed by atoms with Crippen LogP contribution in [-0.4, -0.2) is 33.0 Å². The topological polar surface area (TPSA) is 84.5 Å². The van der Waals surface area contributed by atoms with Gasteiger partial charge in [-0.15, -0.1) is 0 Å². The number of ether oxygens (including phenoxy) is 1. The summed E-state index contributed by atoms with van der Waals surface area (Å²) in [6.45, 7) is 5.51. The van der Waals surface area contributed by atoms with Crippen LogP contribution in [-0.2, 0) is 21.2 Å². The molecule has 0 bridgehead atoms. The minimum Gasteiger partial charge on any atom is -0.495 e. The maximum absolute atomic E-state index is 12.9. The Balaban J connectivity index is 2.31. The highest BCUT2D eigenvalue weighted by Crippen LogP contribution is 2.27. The monoisotopic (exact) mass is 424 g/mol.